The zero-order valence-corrected chi connectivity index (χ0v) is 21.0. The van der Waals surface area contributed by atoms with Crippen LogP contribution in [0.5, 0.6) is 0 Å². The predicted molar refractivity (Wildman–Crippen MR) is 143 cm³/mol. The number of benzene rings is 2. The van der Waals surface area contributed by atoms with Crippen molar-refractivity contribution in [1.82, 2.24) is 19.6 Å². The molecule has 3 aromatic heterocycles. The molecule has 0 bridgehead atoms. The van der Waals surface area contributed by atoms with Gasteiger partial charge in [-0.05, 0) is 36.3 Å². The van der Waals surface area contributed by atoms with Crippen molar-refractivity contribution < 1.29 is 4.79 Å². The molecule has 1 atom stereocenters. The van der Waals surface area contributed by atoms with Crippen LogP contribution in [0.1, 0.15) is 39.7 Å². The van der Waals surface area contributed by atoms with E-state index in [0.29, 0.717) is 34.9 Å². The Bertz CT molecular complexity index is 1510. The predicted octanol–water partition coefficient (Wildman–Crippen LogP) is 6.05. The Kier molecular flexibility index (Phi) is 6.00. The Balaban J connectivity index is 1.41. The van der Waals surface area contributed by atoms with Gasteiger partial charge >= 0.3 is 0 Å². The van der Waals surface area contributed by atoms with Gasteiger partial charge in [0.05, 0.1) is 11.1 Å². The first-order valence-electron chi connectivity index (χ1n) is 11.9. The molecule has 35 heavy (non-hydrogen) atoms. The van der Waals surface area contributed by atoms with Gasteiger partial charge in [0.1, 0.15) is 4.83 Å². The average Bonchev–Trinajstić information content (AvgIpc) is 3.48. The van der Waals surface area contributed by atoms with Crippen LogP contribution in [-0.4, -0.2) is 31.1 Å². The van der Waals surface area contributed by atoms with E-state index in [0.717, 1.165) is 28.7 Å². The third kappa shape index (κ3) is 4.32. The van der Waals surface area contributed by atoms with Gasteiger partial charge in [-0.15, -0.1) is 21.5 Å². The Morgan fingerprint density at radius 1 is 1.11 bits per heavy atom. The van der Waals surface area contributed by atoms with Gasteiger partial charge in [-0.3, -0.25) is 4.79 Å². The lowest BCUT2D eigenvalue weighted by atomic mass is 9.89. The number of nitrogens with one attached hydrogen (secondary N) is 1. The molecule has 6 rings (SSSR count). The molecule has 1 aliphatic carbocycles. The molecule has 6 nitrogen and oxygen atoms in total. The Hall–Kier alpha value is -3.23. The quantitative estimate of drug-likeness (QED) is 0.217. The van der Waals surface area contributed by atoms with Crippen LogP contribution in [-0.2, 0) is 19.4 Å². The topological polar surface area (TPSA) is 72.2 Å². The number of fused-ring (bicyclic) bond motifs is 5. The molecule has 1 N–H and O–H groups in total. The lowest BCUT2D eigenvalue weighted by molar-refractivity contribution is 0.102. The highest BCUT2D eigenvalue weighted by atomic mass is 32.2. The van der Waals surface area contributed by atoms with Crippen LogP contribution in [0.15, 0.2) is 65.8 Å². The smallest absolute Gasteiger partial charge is 0.212 e. The number of Topliss-reactive ketones (excluding diaryl/α,β-unsaturated/α-hetero) is 1. The third-order valence-electron chi connectivity index (χ3n) is 6.49. The van der Waals surface area contributed by atoms with Crippen molar-refractivity contribution in [2.45, 2.75) is 37.9 Å². The van der Waals surface area contributed by atoms with E-state index in [1.807, 2.05) is 52.9 Å². The van der Waals surface area contributed by atoms with E-state index in [1.54, 1.807) is 11.3 Å². The summed E-state index contributed by atoms with van der Waals surface area (Å²) in [6.07, 6.45) is 3.35. The molecular weight excluding hydrogens is 474 g/mol. The number of aryl methyl sites for hydroxylation is 1. The second kappa shape index (κ2) is 9.43. The van der Waals surface area contributed by atoms with Crippen molar-refractivity contribution in [1.29, 1.82) is 0 Å². The van der Waals surface area contributed by atoms with Gasteiger partial charge in [0.15, 0.2) is 16.6 Å². The zero-order chi connectivity index (χ0) is 23.8. The van der Waals surface area contributed by atoms with E-state index in [9.17, 15) is 4.79 Å². The van der Waals surface area contributed by atoms with Crippen molar-refractivity contribution in [3.63, 3.8) is 0 Å². The van der Waals surface area contributed by atoms with Crippen LogP contribution in [0.2, 0.25) is 0 Å². The first-order chi connectivity index (χ1) is 17.2. The second-order valence-electron chi connectivity index (χ2n) is 9.03. The third-order valence-corrected chi connectivity index (χ3v) is 8.60. The molecule has 0 spiro atoms. The summed E-state index contributed by atoms with van der Waals surface area (Å²) >= 11 is 3.19. The van der Waals surface area contributed by atoms with Gasteiger partial charge in [-0.1, -0.05) is 79.3 Å². The molecule has 0 radical (unpaired) electrons. The molecule has 176 valence electrons. The van der Waals surface area contributed by atoms with Gasteiger partial charge in [0, 0.05) is 17.0 Å². The number of ketones is 1. The first-order valence-corrected chi connectivity index (χ1v) is 13.7. The summed E-state index contributed by atoms with van der Waals surface area (Å²) in [5, 5.41) is 14.5. The highest BCUT2D eigenvalue weighted by Crippen LogP contribution is 2.40. The highest BCUT2D eigenvalue weighted by Gasteiger charge is 2.26. The first kappa shape index (κ1) is 22.2. The number of hydrogen-bond acceptors (Lipinski definition) is 7. The minimum absolute atomic E-state index is 0.0712. The van der Waals surface area contributed by atoms with E-state index in [-0.39, 0.29) is 5.78 Å². The molecule has 2 aromatic carbocycles. The monoisotopic (exact) mass is 499 g/mol. The fourth-order valence-electron chi connectivity index (χ4n) is 4.65. The number of thioether (sulfide) groups is 1. The molecule has 0 unspecified atom stereocenters. The van der Waals surface area contributed by atoms with Gasteiger partial charge < -0.3 is 5.32 Å². The average molecular weight is 500 g/mol. The Morgan fingerprint density at radius 2 is 1.89 bits per heavy atom. The van der Waals surface area contributed by atoms with E-state index in [1.165, 1.54) is 34.2 Å². The summed E-state index contributed by atoms with van der Waals surface area (Å²) in [5.74, 6) is 1.72. The number of carbonyl (C=O) groups is 1. The number of rotatable bonds is 7. The van der Waals surface area contributed by atoms with Gasteiger partial charge in [0.2, 0.25) is 5.95 Å². The summed E-state index contributed by atoms with van der Waals surface area (Å²) in [6.45, 7) is 2.95. The maximum Gasteiger partial charge on any atom is 0.212 e. The van der Waals surface area contributed by atoms with Crippen molar-refractivity contribution in [2.75, 3.05) is 11.1 Å². The molecule has 8 heteroatoms. The SMILES string of the molecule is C[C@@H]1CCc2sc3nc(NCc4ccccc4)n4c(SCC(=O)c5ccccc5)nnc4c3c2C1. The maximum atomic E-state index is 12.8. The largest absolute Gasteiger partial charge is 0.351 e. The van der Waals surface area contributed by atoms with E-state index >= 15 is 0 Å². The molecular formula is C27H25N5OS2. The highest BCUT2D eigenvalue weighted by molar-refractivity contribution is 7.99. The molecule has 0 amide bonds. The number of anilines is 1. The minimum Gasteiger partial charge on any atom is -0.351 e. The lowest BCUT2D eigenvalue weighted by Gasteiger charge is -2.18. The van der Waals surface area contributed by atoms with Crippen LogP contribution in [0.25, 0.3) is 15.9 Å². The normalized spacial score (nSPS) is 15.4. The van der Waals surface area contributed by atoms with Crippen LogP contribution >= 0.6 is 23.1 Å². The molecule has 0 saturated carbocycles. The van der Waals surface area contributed by atoms with E-state index in [4.69, 9.17) is 4.98 Å². The molecule has 0 saturated heterocycles. The summed E-state index contributed by atoms with van der Waals surface area (Å²) in [5.41, 5.74) is 4.08. The summed E-state index contributed by atoms with van der Waals surface area (Å²) in [7, 11) is 0. The fourth-order valence-corrected chi connectivity index (χ4v) is 6.69. The Morgan fingerprint density at radius 3 is 2.69 bits per heavy atom. The fraction of sp³-hybridized carbons (Fsp3) is 0.259. The van der Waals surface area contributed by atoms with Crippen LogP contribution in [0.3, 0.4) is 0 Å². The summed E-state index contributed by atoms with van der Waals surface area (Å²) in [6, 6.07) is 19.7. The molecule has 1 aliphatic rings. The van der Waals surface area contributed by atoms with Crippen LogP contribution < -0.4 is 5.32 Å². The number of aromatic nitrogens is 4. The van der Waals surface area contributed by atoms with Crippen LogP contribution in [0.4, 0.5) is 5.95 Å². The zero-order valence-electron chi connectivity index (χ0n) is 19.4. The van der Waals surface area contributed by atoms with Crippen molar-refractivity contribution in [2.24, 2.45) is 5.92 Å². The number of carbonyl (C=O) groups excluding carboxylic acids is 1. The van der Waals surface area contributed by atoms with Crippen LogP contribution in [0, 0.1) is 5.92 Å². The number of thiophene rings is 1. The molecule has 0 fully saturated rings. The van der Waals surface area contributed by atoms with Crippen molar-refractivity contribution in [3.8, 4) is 0 Å². The Labute approximate surface area is 211 Å². The van der Waals surface area contributed by atoms with Crippen molar-refractivity contribution in [3.05, 3.63) is 82.2 Å². The maximum absolute atomic E-state index is 12.8. The minimum atomic E-state index is 0.0712. The second-order valence-corrected chi connectivity index (χ2v) is 11.1. The standard InChI is InChI=1S/C27H25N5OS2/c1-17-12-13-22-20(14-17)23-24-30-31-27(34-16-21(33)19-10-6-3-7-11-19)32(24)26(29-25(23)35-22)28-15-18-8-4-2-5-9-18/h2-11,17H,12-16H2,1H3,(H,28,29)/t17-/m1/s1. The number of hydrogen-bond donors (Lipinski definition) is 1. The molecule has 3 heterocycles. The molecule has 0 aliphatic heterocycles. The van der Waals surface area contributed by atoms with Gasteiger partial charge in [-0.25, -0.2) is 9.38 Å². The van der Waals surface area contributed by atoms with Gasteiger partial charge in [-0.2, -0.15) is 0 Å². The van der Waals surface area contributed by atoms with E-state index < -0.39 is 0 Å². The lowest BCUT2D eigenvalue weighted by Crippen LogP contribution is -2.10. The van der Waals surface area contributed by atoms with Gasteiger partial charge in [0.25, 0.3) is 0 Å². The van der Waals surface area contributed by atoms with Crippen molar-refractivity contribution >= 4 is 50.7 Å². The van der Waals surface area contributed by atoms with E-state index in [2.05, 4.69) is 34.6 Å². The molecule has 5 aromatic rings. The number of nitrogens with zero attached hydrogens (tertiary/aromatic N) is 4. The summed E-state index contributed by atoms with van der Waals surface area (Å²) < 4.78 is 2.00. The summed E-state index contributed by atoms with van der Waals surface area (Å²) in [4.78, 5) is 20.3.